The molecule has 1 aromatic heterocycles. The Morgan fingerprint density at radius 2 is 1.89 bits per heavy atom. The zero-order valence-electron chi connectivity index (χ0n) is 10.6. The quantitative estimate of drug-likeness (QED) is 0.902. The van der Waals surface area contributed by atoms with Crippen molar-refractivity contribution in [1.82, 2.24) is 4.98 Å². The Kier molecular flexibility index (Phi) is 5.15. The van der Waals surface area contributed by atoms with Gasteiger partial charge in [-0.2, -0.15) is 13.2 Å². The van der Waals surface area contributed by atoms with Crippen LogP contribution < -0.4 is 10.2 Å². The summed E-state index contributed by atoms with van der Waals surface area (Å²) in [5.41, 5.74) is 0. The van der Waals surface area contributed by atoms with Crippen molar-refractivity contribution in [3.63, 3.8) is 0 Å². The summed E-state index contributed by atoms with van der Waals surface area (Å²) in [7, 11) is 1.58. The fourth-order valence-corrected chi connectivity index (χ4v) is 2.09. The summed E-state index contributed by atoms with van der Waals surface area (Å²) < 4.78 is 37.8. The molecule has 1 heterocycles. The van der Waals surface area contributed by atoms with Crippen molar-refractivity contribution < 1.29 is 13.2 Å². The van der Waals surface area contributed by atoms with Gasteiger partial charge in [-0.1, -0.05) is 23.2 Å². The molecule has 1 aromatic rings. The number of pyridine rings is 1. The topological polar surface area (TPSA) is 28.2 Å². The van der Waals surface area contributed by atoms with Crippen LogP contribution in [0.1, 0.15) is 13.8 Å². The first kappa shape index (κ1) is 16.2. The van der Waals surface area contributed by atoms with Gasteiger partial charge in [0, 0.05) is 13.1 Å². The molecule has 0 aliphatic carbocycles. The third-order valence-corrected chi connectivity index (χ3v) is 2.96. The van der Waals surface area contributed by atoms with Crippen LogP contribution >= 0.6 is 23.2 Å². The predicted octanol–water partition coefficient (Wildman–Crippen LogP) is 4.21. The fraction of sp³-hybridized carbons (Fsp3) is 0.545. The summed E-state index contributed by atoms with van der Waals surface area (Å²) in [5.74, 6) is 0.344. The van der Waals surface area contributed by atoms with Gasteiger partial charge in [0.25, 0.3) is 0 Å². The Labute approximate surface area is 119 Å². The predicted molar refractivity (Wildman–Crippen MR) is 72.3 cm³/mol. The van der Waals surface area contributed by atoms with Crippen LogP contribution in [-0.2, 0) is 0 Å². The number of rotatable bonds is 4. The van der Waals surface area contributed by atoms with E-state index in [9.17, 15) is 13.2 Å². The van der Waals surface area contributed by atoms with E-state index in [1.807, 2.05) is 0 Å². The average molecular weight is 316 g/mol. The number of alkyl halides is 3. The second-order valence-corrected chi connectivity index (χ2v) is 5.03. The van der Waals surface area contributed by atoms with E-state index < -0.39 is 18.8 Å². The summed E-state index contributed by atoms with van der Waals surface area (Å²) in [5, 5.41) is 3.05. The molecule has 0 aliphatic rings. The molecular formula is C11H14Cl2F3N3. The van der Waals surface area contributed by atoms with Crippen LogP contribution in [-0.4, -0.2) is 30.8 Å². The Bertz CT molecular complexity index is 450. The number of nitrogens with zero attached hydrogens (tertiary/aromatic N) is 2. The lowest BCUT2D eigenvalue weighted by atomic mass is 10.3. The Hall–Kier alpha value is -0.880. The first-order valence-corrected chi connectivity index (χ1v) is 6.28. The monoisotopic (exact) mass is 315 g/mol. The summed E-state index contributed by atoms with van der Waals surface area (Å²) in [6, 6.07) is 0.973. The number of hydrogen-bond acceptors (Lipinski definition) is 3. The van der Waals surface area contributed by atoms with E-state index in [2.05, 4.69) is 10.3 Å². The average Bonchev–Trinajstić information content (AvgIpc) is 2.25. The zero-order chi connectivity index (χ0) is 14.8. The number of nitrogens with one attached hydrogen (secondary N) is 1. The molecule has 0 unspecified atom stereocenters. The zero-order valence-corrected chi connectivity index (χ0v) is 12.2. The number of aromatic nitrogens is 1. The molecule has 0 aromatic carbocycles. The molecule has 0 fully saturated rings. The molecule has 0 saturated carbocycles. The van der Waals surface area contributed by atoms with Crippen LogP contribution in [0.4, 0.5) is 24.8 Å². The third-order valence-electron chi connectivity index (χ3n) is 2.39. The minimum absolute atomic E-state index is 0.0581. The van der Waals surface area contributed by atoms with Gasteiger partial charge in [0.1, 0.15) is 18.2 Å². The van der Waals surface area contributed by atoms with Crippen molar-refractivity contribution in [3.8, 4) is 0 Å². The van der Waals surface area contributed by atoms with Gasteiger partial charge >= 0.3 is 6.18 Å². The summed E-state index contributed by atoms with van der Waals surface area (Å²) >= 11 is 11.8. The van der Waals surface area contributed by atoms with E-state index in [-0.39, 0.29) is 21.7 Å². The highest BCUT2D eigenvalue weighted by molar-refractivity contribution is 6.37. The molecule has 0 atom stereocenters. The lowest BCUT2D eigenvalue weighted by Gasteiger charge is -2.29. The van der Waals surface area contributed by atoms with Gasteiger partial charge in [-0.3, -0.25) is 0 Å². The lowest BCUT2D eigenvalue weighted by Crippen LogP contribution is -2.40. The van der Waals surface area contributed by atoms with Crippen molar-refractivity contribution in [1.29, 1.82) is 0 Å². The second kappa shape index (κ2) is 6.05. The fourth-order valence-electron chi connectivity index (χ4n) is 1.53. The van der Waals surface area contributed by atoms with Crippen molar-refractivity contribution >= 4 is 34.8 Å². The standard InChI is InChI=1S/C11H14Cl2F3N3/c1-6(2)19(5-11(14,15)16)10-8(13)4-7(12)9(17-3)18-10/h4,6H,5H2,1-3H3,(H,17,18). The van der Waals surface area contributed by atoms with E-state index >= 15 is 0 Å². The molecule has 8 heteroatoms. The van der Waals surface area contributed by atoms with Crippen LogP contribution in [0.15, 0.2) is 6.07 Å². The van der Waals surface area contributed by atoms with Gasteiger partial charge < -0.3 is 10.2 Å². The van der Waals surface area contributed by atoms with E-state index in [4.69, 9.17) is 23.2 Å². The minimum atomic E-state index is -4.34. The number of hydrogen-bond donors (Lipinski definition) is 1. The van der Waals surface area contributed by atoms with Crippen LogP contribution in [0, 0.1) is 0 Å². The Morgan fingerprint density at radius 3 is 2.32 bits per heavy atom. The van der Waals surface area contributed by atoms with Gasteiger partial charge in [0.2, 0.25) is 0 Å². The molecule has 0 amide bonds. The van der Waals surface area contributed by atoms with Crippen LogP contribution in [0.2, 0.25) is 10.0 Å². The van der Waals surface area contributed by atoms with E-state index in [1.54, 1.807) is 20.9 Å². The molecule has 1 rings (SSSR count). The molecule has 3 nitrogen and oxygen atoms in total. The Balaban J connectivity index is 3.23. The highest BCUT2D eigenvalue weighted by Crippen LogP contribution is 2.33. The molecule has 0 radical (unpaired) electrons. The van der Waals surface area contributed by atoms with Crippen LogP contribution in [0.25, 0.3) is 0 Å². The SMILES string of the molecule is CNc1nc(N(CC(F)(F)F)C(C)C)c(Cl)cc1Cl. The maximum absolute atomic E-state index is 12.6. The van der Waals surface area contributed by atoms with Gasteiger partial charge in [0.05, 0.1) is 10.0 Å². The Morgan fingerprint density at radius 1 is 1.32 bits per heavy atom. The molecule has 0 saturated heterocycles. The summed E-state index contributed by atoms with van der Waals surface area (Å²) in [4.78, 5) is 5.13. The van der Waals surface area contributed by atoms with Gasteiger partial charge in [-0.05, 0) is 19.9 Å². The molecule has 108 valence electrons. The van der Waals surface area contributed by atoms with Crippen molar-refractivity contribution in [3.05, 3.63) is 16.1 Å². The van der Waals surface area contributed by atoms with Gasteiger partial charge in [-0.15, -0.1) is 0 Å². The third kappa shape index (κ3) is 4.31. The van der Waals surface area contributed by atoms with Crippen molar-refractivity contribution in [2.24, 2.45) is 0 Å². The summed E-state index contributed by atoms with van der Waals surface area (Å²) in [6.07, 6.45) is -4.34. The molecular weight excluding hydrogens is 302 g/mol. The van der Waals surface area contributed by atoms with E-state index in [0.29, 0.717) is 0 Å². The summed E-state index contributed by atoms with van der Waals surface area (Å²) in [6.45, 7) is 2.15. The number of anilines is 2. The molecule has 0 spiro atoms. The lowest BCUT2D eigenvalue weighted by molar-refractivity contribution is -0.120. The number of halogens is 5. The normalized spacial score (nSPS) is 11.8. The van der Waals surface area contributed by atoms with Crippen LogP contribution in [0.5, 0.6) is 0 Å². The van der Waals surface area contributed by atoms with Crippen LogP contribution in [0.3, 0.4) is 0 Å². The molecule has 0 bridgehead atoms. The molecule has 19 heavy (non-hydrogen) atoms. The largest absolute Gasteiger partial charge is 0.405 e. The van der Waals surface area contributed by atoms with E-state index in [0.717, 1.165) is 4.90 Å². The highest BCUT2D eigenvalue weighted by atomic mass is 35.5. The van der Waals surface area contributed by atoms with Crippen molar-refractivity contribution in [2.75, 3.05) is 23.8 Å². The first-order valence-electron chi connectivity index (χ1n) is 5.53. The second-order valence-electron chi connectivity index (χ2n) is 4.21. The maximum Gasteiger partial charge on any atom is 0.405 e. The molecule has 0 aliphatic heterocycles. The smallest absolute Gasteiger partial charge is 0.372 e. The minimum Gasteiger partial charge on any atom is -0.372 e. The van der Waals surface area contributed by atoms with E-state index in [1.165, 1.54) is 6.07 Å². The van der Waals surface area contributed by atoms with Crippen molar-refractivity contribution in [2.45, 2.75) is 26.1 Å². The first-order chi connectivity index (χ1) is 8.65. The van der Waals surface area contributed by atoms with Gasteiger partial charge in [0.15, 0.2) is 0 Å². The maximum atomic E-state index is 12.6. The molecule has 1 N–H and O–H groups in total. The highest BCUT2D eigenvalue weighted by Gasteiger charge is 2.33. The van der Waals surface area contributed by atoms with Gasteiger partial charge in [-0.25, -0.2) is 4.98 Å².